The number of halogens is 1. The van der Waals surface area contributed by atoms with Crippen LogP contribution in [0.2, 0.25) is 0 Å². The van der Waals surface area contributed by atoms with Crippen molar-refractivity contribution < 1.29 is 9.18 Å². The fourth-order valence-electron chi connectivity index (χ4n) is 1.67. The second-order valence-electron chi connectivity index (χ2n) is 4.98. The maximum Gasteiger partial charge on any atom is 0.219 e. The Morgan fingerprint density at radius 1 is 1.47 bits per heavy atom. The van der Waals surface area contributed by atoms with E-state index in [2.05, 4.69) is 5.32 Å². The van der Waals surface area contributed by atoms with Gasteiger partial charge >= 0.3 is 0 Å². The van der Waals surface area contributed by atoms with Gasteiger partial charge in [0.1, 0.15) is 5.82 Å². The van der Waals surface area contributed by atoms with E-state index in [0.29, 0.717) is 12.1 Å². The van der Waals surface area contributed by atoms with E-state index in [1.54, 1.807) is 12.1 Å². The lowest BCUT2D eigenvalue weighted by Crippen LogP contribution is -2.42. The largest absolute Gasteiger partial charge is 0.370 e. The van der Waals surface area contributed by atoms with Gasteiger partial charge in [-0.25, -0.2) is 4.39 Å². The second kappa shape index (κ2) is 5.27. The van der Waals surface area contributed by atoms with E-state index in [1.807, 2.05) is 20.8 Å². The zero-order valence-corrected chi connectivity index (χ0v) is 10.5. The number of aryl methyl sites for hydroxylation is 1. The van der Waals surface area contributed by atoms with Crippen molar-refractivity contribution in [3.63, 3.8) is 0 Å². The number of hydrogen-bond acceptors (Lipinski definition) is 2. The van der Waals surface area contributed by atoms with E-state index in [1.165, 1.54) is 6.07 Å². The number of primary amides is 1. The molecule has 0 aliphatic carbocycles. The molecule has 3 N–H and O–H groups in total. The molecule has 0 aliphatic heterocycles. The van der Waals surface area contributed by atoms with Crippen LogP contribution in [0.25, 0.3) is 0 Å². The molecule has 0 bridgehead atoms. The summed E-state index contributed by atoms with van der Waals surface area (Å²) >= 11 is 0. The van der Waals surface area contributed by atoms with Gasteiger partial charge in [0.25, 0.3) is 0 Å². The molecule has 94 valence electrons. The molecular weight excluding hydrogens is 219 g/mol. The smallest absolute Gasteiger partial charge is 0.219 e. The Morgan fingerprint density at radius 2 is 2.12 bits per heavy atom. The van der Waals surface area contributed by atoms with Crippen molar-refractivity contribution in [2.75, 3.05) is 0 Å². The minimum absolute atomic E-state index is 0.223. The Labute approximate surface area is 101 Å². The van der Waals surface area contributed by atoms with E-state index in [-0.39, 0.29) is 18.1 Å². The Hall–Kier alpha value is -1.42. The number of nitrogens with two attached hydrogens (primary N) is 1. The minimum Gasteiger partial charge on any atom is -0.370 e. The van der Waals surface area contributed by atoms with Crippen LogP contribution in [0, 0.1) is 12.7 Å². The van der Waals surface area contributed by atoms with Crippen LogP contribution < -0.4 is 11.1 Å². The Morgan fingerprint density at radius 3 is 2.71 bits per heavy atom. The van der Waals surface area contributed by atoms with Gasteiger partial charge in [-0.3, -0.25) is 4.79 Å². The summed E-state index contributed by atoms with van der Waals surface area (Å²) in [6.45, 7) is 6.03. The van der Waals surface area contributed by atoms with E-state index in [9.17, 15) is 9.18 Å². The zero-order chi connectivity index (χ0) is 13.1. The molecule has 0 saturated carbocycles. The maximum absolute atomic E-state index is 13.5. The standard InChI is InChI=1S/C13H19FN2O/c1-9-4-5-11(14)10(6-9)8-16-13(2,3)7-12(15)17/h4-6,16H,7-8H2,1-3H3,(H2,15,17). The lowest BCUT2D eigenvalue weighted by Gasteiger charge is -2.25. The molecule has 0 spiro atoms. The molecule has 0 heterocycles. The molecule has 1 rings (SSSR count). The monoisotopic (exact) mass is 238 g/mol. The van der Waals surface area contributed by atoms with Gasteiger partial charge in [-0.05, 0) is 26.8 Å². The van der Waals surface area contributed by atoms with Crippen LogP contribution in [0.3, 0.4) is 0 Å². The minimum atomic E-state index is -0.429. The number of hydrogen-bond donors (Lipinski definition) is 2. The van der Waals surface area contributed by atoms with Crippen LogP contribution in [0.4, 0.5) is 4.39 Å². The molecule has 0 aliphatic rings. The van der Waals surface area contributed by atoms with Gasteiger partial charge < -0.3 is 11.1 Å². The van der Waals surface area contributed by atoms with Gasteiger partial charge in [0, 0.05) is 24.1 Å². The SMILES string of the molecule is Cc1ccc(F)c(CNC(C)(C)CC(N)=O)c1. The van der Waals surface area contributed by atoms with Crippen molar-refractivity contribution in [2.45, 2.75) is 39.3 Å². The Balaban J connectivity index is 2.66. The number of amides is 1. The highest BCUT2D eigenvalue weighted by molar-refractivity contribution is 5.74. The van der Waals surface area contributed by atoms with Gasteiger partial charge in [-0.2, -0.15) is 0 Å². The summed E-state index contributed by atoms with van der Waals surface area (Å²) in [5.41, 5.74) is 6.33. The highest BCUT2D eigenvalue weighted by Gasteiger charge is 2.20. The maximum atomic E-state index is 13.5. The molecule has 17 heavy (non-hydrogen) atoms. The molecule has 0 aromatic heterocycles. The first-order chi connectivity index (χ1) is 7.80. The first-order valence-corrected chi connectivity index (χ1v) is 5.58. The predicted octanol–water partition coefficient (Wildman–Crippen LogP) is 1.88. The summed E-state index contributed by atoms with van der Waals surface area (Å²) in [7, 11) is 0. The second-order valence-corrected chi connectivity index (χ2v) is 4.98. The highest BCUT2D eigenvalue weighted by atomic mass is 19.1. The molecule has 3 nitrogen and oxygen atoms in total. The lowest BCUT2D eigenvalue weighted by molar-refractivity contribution is -0.119. The topological polar surface area (TPSA) is 55.1 Å². The van der Waals surface area contributed by atoms with Gasteiger partial charge in [0.15, 0.2) is 0 Å². The summed E-state index contributed by atoms with van der Waals surface area (Å²) in [6.07, 6.45) is 0.223. The van der Waals surface area contributed by atoms with Crippen LogP contribution in [0.5, 0.6) is 0 Å². The Kier molecular flexibility index (Phi) is 4.23. The average molecular weight is 238 g/mol. The van der Waals surface area contributed by atoms with Gasteiger partial charge in [0.2, 0.25) is 5.91 Å². The van der Waals surface area contributed by atoms with Gasteiger partial charge in [0.05, 0.1) is 0 Å². The fourth-order valence-corrected chi connectivity index (χ4v) is 1.67. The van der Waals surface area contributed by atoms with E-state index in [0.717, 1.165) is 5.56 Å². The number of carbonyl (C=O) groups is 1. The summed E-state index contributed by atoms with van der Waals surface area (Å²) < 4.78 is 13.5. The third-order valence-electron chi connectivity index (χ3n) is 2.57. The molecule has 0 saturated heterocycles. The quantitative estimate of drug-likeness (QED) is 0.823. The van der Waals surface area contributed by atoms with Crippen molar-refractivity contribution in [3.05, 3.63) is 35.1 Å². The van der Waals surface area contributed by atoms with Crippen LogP contribution in [-0.2, 0) is 11.3 Å². The van der Waals surface area contributed by atoms with Crippen LogP contribution in [0.1, 0.15) is 31.4 Å². The fraction of sp³-hybridized carbons (Fsp3) is 0.462. The number of benzene rings is 1. The van der Waals surface area contributed by atoms with E-state index in [4.69, 9.17) is 5.73 Å². The van der Waals surface area contributed by atoms with E-state index >= 15 is 0 Å². The number of rotatable bonds is 5. The molecule has 1 aromatic carbocycles. The van der Waals surface area contributed by atoms with E-state index < -0.39 is 5.54 Å². The molecule has 0 unspecified atom stereocenters. The van der Waals surface area contributed by atoms with Crippen molar-refractivity contribution >= 4 is 5.91 Å². The molecule has 1 aromatic rings. The average Bonchev–Trinajstić information content (AvgIpc) is 2.17. The third-order valence-corrected chi connectivity index (χ3v) is 2.57. The first kappa shape index (κ1) is 13.6. The summed E-state index contributed by atoms with van der Waals surface area (Å²) in [6, 6.07) is 4.98. The Bertz CT molecular complexity index is 416. The van der Waals surface area contributed by atoms with Crippen molar-refractivity contribution in [1.82, 2.24) is 5.32 Å². The van der Waals surface area contributed by atoms with Crippen molar-refractivity contribution in [3.8, 4) is 0 Å². The van der Waals surface area contributed by atoms with Crippen molar-refractivity contribution in [1.29, 1.82) is 0 Å². The lowest BCUT2D eigenvalue weighted by atomic mass is 9.99. The van der Waals surface area contributed by atoms with Gasteiger partial charge in [-0.1, -0.05) is 17.7 Å². The normalized spacial score (nSPS) is 11.5. The molecule has 4 heteroatoms. The zero-order valence-electron chi connectivity index (χ0n) is 10.5. The third kappa shape index (κ3) is 4.53. The summed E-state index contributed by atoms with van der Waals surface area (Å²) in [5, 5.41) is 3.13. The molecule has 0 radical (unpaired) electrons. The molecule has 1 amide bonds. The van der Waals surface area contributed by atoms with Crippen LogP contribution in [-0.4, -0.2) is 11.4 Å². The molecule has 0 fully saturated rings. The van der Waals surface area contributed by atoms with Crippen molar-refractivity contribution in [2.24, 2.45) is 5.73 Å². The van der Waals surface area contributed by atoms with Crippen LogP contribution in [0.15, 0.2) is 18.2 Å². The summed E-state index contributed by atoms with van der Waals surface area (Å²) in [5.74, 6) is -0.606. The number of carbonyl (C=O) groups excluding carboxylic acids is 1. The number of nitrogens with one attached hydrogen (secondary N) is 1. The van der Waals surface area contributed by atoms with Crippen LogP contribution >= 0.6 is 0 Å². The highest BCUT2D eigenvalue weighted by Crippen LogP contribution is 2.13. The molecular formula is C13H19FN2O. The van der Waals surface area contributed by atoms with Gasteiger partial charge in [-0.15, -0.1) is 0 Å². The predicted molar refractivity (Wildman–Crippen MR) is 65.9 cm³/mol. The first-order valence-electron chi connectivity index (χ1n) is 5.58. The summed E-state index contributed by atoms with van der Waals surface area (Å²) in [4.78, 5) is 10.9. The molecule has 0 atom stereocenters.